The Morgan fingerprint density at radius 1 is 1.16 bits per heavy atom. The van der Waals surface area contributed by atoms with Gasteiger partial charge in [-0.3, -0.25) is 4.79 Å². The molecule has 2 aromatic carbocycles. The quantitative estimate of drug-likeness (QED) is 0.602. The Bertz CT molecular complexity index is 967. The fourth-order valence-corrected chi connectivity index (χ4v) is 3.55. The number of benzene rings is 2. The molecular weight excluding hydrogens is 417 g/mol. The number of rotatable bonds is 6. The minimum absolute atomic E-state index is 0.0453. The maximum absolute atomic E-state index is 13.9. The lowest BCUT2D eigenvalue weighted by Gasteiger charge is -2.45. The first-order valence-corrected chi connectivity index (χ1v) is 9.40. The average molecular weight is 438 g/mol. The predicted octanol–water partition coefficient (Wildman–Crippen LogP) is 3.20. The van der Waals surface area contributed by atoms with E-state index in [9.17, 15) is 27.9 Å². The Balaban J connectivity index is 2.16. The zero-order valence-electron chi connectivity index (χ0n) is 16.7. The first-order valence-electron chi connectivity index (χ1n) is 9.40. The first-order chi connectivity index (χ1) is 14.6. The maximum Gasteiger partial charge on any atom is 0.437 e. The van der Waals surface area contributed by atoms with Crippen LogP contribution in [-0.2, 0) is 0 Å². The molecule has 166 valence electrons. The summed E-state index contributed by atoms with van der Waals surface area (Å²) in [6, 6.07) is 8.72. The summed E-state index contributed by atoms with van der Waals surface area (Å²) in [5.41, 5.74) is -3.71. The Labute approximate surface area is 176 Å². The second-order valence-corrected chi connectivity index (χ2v) is 6.89. The summed E-state index contributed by atoms with van der Waals surface area (Å²) >= 11 is 0. The highest BCUT2D eigenvalue weighted by atomic mass is 19.4. The van der Waals surface area contributed by atoms with Crippen LogP contribution in [0.15, 0.2) is 48.5 Å². The average Bonchev–Trinajstić information content (AvgIpc) is 2.73. The maximum atomic E-state index is 13.9. The lowest BCUT2D eigenvalue weighted by atomic mass is 9.77. The van der Waals surface area contributed by atoms with Crippen LogP contribution in [0.2, 0.25) is 0 Å². The van der Waals surface area contributed by atoms with Crippen LogP contribution in [-0.4, -0.2) is 42.5 Å². The van der Waals surface area contributed by atoms with E-state index in [2.05, 4.69) is 5.32 Å². The number of nitrogens with one attached hydrogen (secondary N) is 2. The minimum Gasteiger partial charge on any atom is -0.493 e. The van der Waals surface area contributed by atoms with Gasteiger partial charge in [0.05, 0.1) is 19.8 Å². The minimum atomic E-state index is -5.33. The summed E-state index contributed by atoms with van der Waals surface area (Å²) in [4.78, 5) is 25.3. The Kier molecular flexibility index (Phi) is 6.12. The largest absolute Gasteiger partial charge is 0.493 e. The molecule has 0 saturated carbocycles. The van der Waals surface area contributed by atoms with Crippen molar-refractivity contribution in [3.63, 3.8) is 0 Å². The van der Waals surface area contributed by atoms with Crippen LogP contribution in [0.25, 0.3) is 0 Å². The van der Waals surface area contributed by atoms with E-state index >= 15 is 0 Å². The van der Waals surface area contributed by atoms with Gasteiger partial charge in [0, 0.05) is 5.56 Å². The zero-order valence-corrected chi connectivity index (χ0v) is 16.7. The van der Waals surface area contributed by atoms with E-state index in [4.69, 9.17) is 9.47 Å². The van der Waals surface area contributed by atoms with Crippen LogP contribution < -0.4 is 20.1 Å². The van der Waals surface area contributed by atoms with E-state index in [-0.39, 0.29) is 16.9 Å². The van der Waals surface area contributed by atoms with E-state index in [1.54, 1.807) is 13.0 Å². The number of ketones is 1. The molecule has 0 spiro atoms. The Hall–Kier alpha value is -3.27. The monoisotopic (exact) mass is 438 g/mol. The van der Waals surface area contributed by atoms with Crippen molar-refractivity contribution in [2.45, 2.75) is 24.9 Å². The molecule has 10 heteroatoms. The van der Waals surface area contributed by atoms with Gasteiger partial charge in [-0.05, 0) is 24.6 Å². The molecule has 1 aliphatic rings. The number of hydrogen-bond acceptors (Lipinski definition) is 5. The number of halogens is 3. The first kappa shape index (κ1) is 22.4. The third kappa shape index (κ3) is 4.15. The second-order valence-electron chi connectivity index (χ2n) is 6.89. The van der Waals surface area contributed by atoms with E-state index in [1.165, 1.54) is 54.9 Å². The van der Waals surface area contributed by atoms with Crippen LogP contribution in [0.1, 0.15) is 28.9 Å². The van der Waals surface area contributed by atoms with Crippen molar-refractivity contribution in [3.05, 3.63) is 59.7 Å². The summed E-state index contributed by atoms with van der Waals surface area (Å²) in [6.45, 7) is 2.07. The zero-order chi connectivity index (χ0) is 22.8. The van der Waals surface area contributed by atoms with Crippen molar-refractivity contribution in [3.8, 4) is 11.5 Å². The number of ether oxygens (including phenoxy) is 2. The van der Waals surface area contributed by atoms with Gasteiger partial charge < -0.3 is 25.2 Å². The van der Waals surface area contributed by atoms with Crippen molar-refractivity contribution in [2.75, 3.05) is 13.7 Å². The summed E-state index contributed by atoms with van der Waals surface area (Å²) in [7, 11) is 1.35. The van der Waals surface area contributed by atoms with Gasteiger partial charge in [-0.2, -0.15) is 13.2 Å². The number of alkyl halides is 3. The highest BCUT2D eigenvalue weighted by molar-refractivity contribution is 6.00. The number of amides is 2. The molecule has 2 amide bonds. The summed E-state index contributed by atoms with van der Waals surface area (Å²) in [5, 5.41) is 14.4. The van der Waals surface area contributed by atoms with Crippen LogP contribution in [0.3, 0.4) is 0 Å². The van der Waals surface area contributed by atoms with Gasteiger partial charge >= 0.3 is 12.2 Å². The molecule has 3 rings (SSSR count). The summed E-state index contributed by atoms with van der Waals surface area (Å²) in [5.74, 6) is -2.57. The van der Waals surface area contributed by atoms with Crippen molar-refractivity contribution in [1.29, 1.82) is 0 Å². The van der Waals surface area contributed by atoms with Crippen molar-refractivity contribution >= 4 is 11.8 Å². The standard InChI is InChI=1S/C21H21F3N2O5/c1-3-31-14-10-9-13(11-15(14)30-2)17-16(18(27)12-7-5-4-6-8-12)20(29,21(22,23)24)26-19(28)25-17/h4-11,16-17,29H,3H2,1-2H3,(H2,25,26,28). The molecule has 7 nitrogen and oxygen atoms in total. The van der Waals surface area contributed by atoms with Crippen LogP contribution in [0.5, 0.6) is 11.5 Å². The lowest BCUT2D eigenvalue weighted by Crippen LogP contribution is -2.72. The number of carbonyl (C=O) groups is 2. The summed E-state index contributed by atoms with van der Waals surface area (Å²) in [6.07, 6.45) is -5.33. The number of Topliss-reactive ketones (excluding diaryl/α,β-unsaturated/α-hetero) is 1. The predicted molar refractivity (Wildman–Crippen MR) is 104 cm³/mol. The molecular formula is C21H21F3N2O5. The van der Waals surface area contributed by atoms with E-state index in [0.29, 0.717) is 12.4 Å². The Morgan fingerprint density at radius 3 is 2.42 bits per heavy atom. The molecule has 3 N–H and O–H groups in total. The molecule has 3 atom stereocenters. The third-order valence-electron chi connectivity index (χ3n) is 4.99. The second kappa shape index (κ2) is 8.46. The van der Waals surface area contributed by atoms with Crippen LogP contribution in [0.4, 0.5) is 18.0 Å². The molecule has 2 aromatic rings. The summed E-state index contributed by atoms with van der Waals surface area (Å²) < 4.78 is 52.4. The topological polar surface area (TPSA) is 96.9 Å². The lowest BCUT2D eigenvalue weighted by molar-refractivity contribution is -0.287. The molecule has 0 bridgehead atoms. The SMILES string of the molecule is CCOc1ccc(C2NC(=O)NC(O)(C(F)(F)F)C2C(=O)c2ccccc2)cc1OC. The fourth-order valence-electron chi connectivity index (χ4n) is 3.55. The van der Waals surface area contributed by atoms with Crippen molar-refractivity contribution in [1.82, 2.24) is 10.6 Å². The fraction of sp³-hybridized carbons (Fsp3) is 0.333. The number of methoxy groups -OCH3 is 1. The van der Waals surface area contributed by atoms with Gasteiger partial charge in [0.2, 0.25) is 5.72 Å². The number of urea groups is 1. The third-order valence-corrected chi connectivity index (χ3v) is 4.99. The smallest absolute Gasteiger partial charge is 0.437 e. The van der Waals surface area contributed by atoms with Crippen molar-refractivity contribution in [2.24, 2.45) is 5.92 Å². The Morgan fingerprint density at radius 2 is 1.84 bits per heavy atom. The molecule has 1 aliphatic heterocycles. The van der Waals surface area contributed by atoms with E-state index in [0.717, 1.165) is 0 Å². The highest BCUT2D eigenvalue weighted by Crippen LogP contribution is 2.45. The van der Waals surface area contributed by atoms with E-state index < -0.39 is 35.7 Å². The van der Waals surface area contributed by atoms with Gasteiger partial charge in [0.15, 0.2) is 17.3 Å². The normalized spacial score (nSPS) is 23.5. The van der Waals surface area contributed by atoms with Gasteiger partial charge in [-0.1, -0.05) is 36.4 Å². The molecule has 0 aromatic heterocycles. The molecule has 1 saturated heterocycles. The van der Waals surface area contributed by atoms with E-state index in [1.807, 2.05) is 0 Å². The highest BCUT2D eigenvalue weighted by Gasteiger charge is 2.66. The van der Waals surface area contributed by atoms with Gasteiger partial charge in [0.25, 0.3) is 0 Å². The van der Waals surface area contributed by atoms with Crippen LogP contribution in [0, 0.1) is 5.92 Å². The molecule has 0 aliphatic carbocycles. The number of aliphatic hydroxyl groups is 1. The molecule has 0 radical (unpaired) electrons. The van der Waals surface area contributed by atoms with Gasteiger partial charge in [0.1, 0.15) is 5.92 Å². The molecule has 31 heavy (non-hydrogen) atoms. The van der Waals surface area contributed by atoms with Gasteiger partial charge in [-0.25, -0.2) is 4.79 Å². The molecule has 3 unspecified atom stereocenters. The van der Waals surface area contributed by atoms with Gasteiger partial charge in [-0.15, -0.1) is 0 Å². The molecule has 1 fully saturated rings. The molecule has 1 heterocycles. The number of carbonyl (C=O) groups excluding carboxylic acids is 2. The number of hydrogen-bond donors (Lipinski definition) is 3. The van der Waals surface area contributed by atoms with Crippen molar-refractivity contribution < 1.29 is 37.3 Å². The van der Waals surface area contributed by atoms with Crippen LogP contribution >= 0.6 is 0 Å².